The second kappa shape index (κ2) is 8.83. The van der Waals surface area contributed by atoms with Gasteiger partial charge in [-0.15, -0.1) is 10.2 Å². The fourth-order valence-corrected chi connectivity index (χ4v) is 3.22. The van der Waals surface area contributed by atoms with Gasteiger partial charge in [0.25, 0.3) is 5.91 Å². The summed E-state index contributed by atoms with van der Waals surface area (Å²) in [6, 6.07) is 14.4. The Hall–Kier alpha value is -2.64. The molecule has 1 atom stereocenters. The number of rotatable bonds is 7. The van der Waals surface area contributed by atoms with Crippen LogP contribution in [0.15, 0.2) is 48.5 Å². The molecule has 140 valence electrons. The topological polar surface area (TPSA) is 66.9 Å². The Morgan fingerprint density at radius 1 is 1.15 bits per heavy atom. The maximum Gasteiger partial charge on any atom is 0.282 e. The smallest absolute Gasteiger partial charge is 0.282 e. The van der Waals surface area contributed by atoms with Crippen molar-refractivity contribution < 1.29 is 9.18 Å². The summed E-state index contributed by atoms with van der Waals surface area (Å²) in [5.41, 5.74) is 3.07. The van der Waals surface area contributed by atoms with E-state index in [0.717, 1.165) is 11.1 Å². The van der Waals surface area contributed by atoms with E-state index in [0.29, 0.717) is 23.1 Å². The molecule has 1 heterocycles. The van der Waals surface area contributed by atoms with Crippen molar-refractivity contribution in [1.29, 1.82) is 0 Å². The standard InChI is InChI=1S/C20H21FN4OS/c1-13-6-8-15(9-7-13)11-23-19(26)20-25-24-18(27-20)12-22-14(2)16-4-3-5-17(21)10-16/h3-10,14,22H,11-12H2,1-2H3,(H,23,26)/t14-/m1/s1. The van der Waals surface area contributed by atoms with E-state index in [2.05, 4.69) is 20.8 Å². The Bertz CT molecular complexity index is 910. The normalized spacial score (nSPS) is 12.0. The number of halogens is 1. The summed E-state index contributed by atoms with van der Waals surface area (Å²) in [5.74, 6) is -0.498. The van der Waals surface area contributed by atoms with Crippen LogP contribution in [-0.2, 0) is 13.1 Å². The average molecular weight is 384 g/mol. The molecule has 3 aromatic rings. The SMILES string of the molecule is Cc1ccc(CNC(=O)c2nnc(CN[C@H](C)c3cccc(F)c3)s2)cc1. The summed E-state index contributed by atoms with van der Waals surface area (Å²) in [5, 5.41) is 15.2. The predicted molar refractivity (Wildman–Crippen MR) is 104 cm³/mol. The number of nitrogens with one attached hydrogen (secondary N) is 2. The molecule has 2 N–H and O–H groups in total. The molecule has 3 rings (SSSR count). The fraction of sp³-hybridized carbons (Fsp3) is 0.250. The van der Waals surface area contributed by atoms with Crippen molar-refractivity contribution in [2.75, 3.05) is 0 Å². The van der Waals surface area contributed by atoms with Crippen molar-refractivity contribution in [3.05, 3.63) is 81.1 Å². The van der Waals surface area contributed by atoms with E-state index in [-0.39, 0.29) is 17.8 Å². The van der Waals surface area contributed by atoms with Gasteiger partial charge in [0.1, 0.15) is 10.8 Å². The minimum absolute atomic E-state index is 0.0385. The Kier molecular flexibility index (Phi) is 6.26. The highest BCUT2D eigenvalue weighted by atomic mass is 32.1. The van der Waals surface area contributed by atoms with Gasteiger partial charge in [-0.1, -0.05) is 53.3 Å². The van der Waals surface area contributed by atoms with Crippen LogP contribution in [0.5, 0.6) is 0 Å². The van der Waals surface area contributed by atoms with Crippen LogP contribution in [-0.4, -0.2) is 16.1 Å². The fourth-order valence-electron chi connectivity index (χ4n) is 2.51. The van der Waals surface area contributed by atoms with Crippen LogP contribution < -0.4 is 10.6 Å². The first-order valence-corrected chi connectivity index (χ1v) is 9.48. The van der Waals surface area contributed by atoms with E-state index in [9.17, 15) is 9.18 Å². The number of aromatic nitrogens is 2. The molecule has 5 nitrogen and oxygen atoms in total. The van der Waals surface area contributed by atoms with Crippen molar-refractivity contribution >= 4 is 17.2 Å². The van der Waals surface area contributed by atoms with E-state index in [1.165, 1.54) is 29.0 Å². The molecule has 0 aliphatic rings. The van der Waals surface area contributed by atoms with Crippen molar-refractivity contribution in [1.82, 2.24) is 20.8 Å². The second-order valence-corrected chi connectivity index (χ2v) is 7.39. The minimum Gasteiger partial charge on any atom is -0.346 e. The Morgan fingerprint density at radius 2 is 1.93 bits per heavy atom. The molecule has 0 fully saturated rings. The first-order chi connectivity index (χ1) is 13.0. The first kappa shape index (κ1) is 19.1. The van der Waals surface area contributed by atoms with Crippen LogP contribution in [0, 0.1) is 12.7 Å². The molecule has 7 heteroatoms. The number of hydrogen-bond acceptors (Lipinski definition) is 5. The lowest BCUT2D eigenvalue weighted by Gasteiger charge is -2.12. The van der Waals surface area contributed by atoms with Crippen LogP contribution in [0.4, 0.5) is 4.39 Å². The van der Waals surface area contributed by atoms with Gasteiger partial charge in [0.05, 0.1) is 6.54 Å². The molecule has 0 saturated carbocycles. The number of aryl methyl sites for hydroxylation is 1. The van der Waals surface area contributed by atoms with E-state index in [4.69, 9.17) is 0 Å². The zero-order chi connectivity index (χ0) is 19.2. The largest absolute Gasteiger partial charge is 0.346 e. The van der Waals surface area contributed by atoms with Crippen LogP contribution in [0.2, 0.25) is 0 Å². The summed E-state index contributed by atoms with van der Waals surface area (Å²) in [6.07, 6.45) is 0. The quantitative estimate of drug-likeness (QED) is 0.651. The molecule has 1 amide bonds. The lowest BCUT2D eigenvalue weighted by atomic mass is 10.1. The van der Waals surface area contributed by atoms with Crippen molar-refractivity contribution in [2.45, 2.75) is 33.0 Å². The third kappa shape index (κ3) is 5.42. The summed E-state index contributed by atoms with van der Waals surface area (Å²) in [4.78, 5) is 12.2. The minimum atomic E-state index is -0.260. The van der Waals surface area contributed by atoms with Gasteiger partial charge >= 0.3 is 0 Å². The molecule has 27 heavy (non-hydrogen) atoms. The summed E-state index contributed by atoms with van der Waals surface area (Å²) < 4.78 is 13.3. The van der Waals surface area contributed by atoms with Gasteiger partial charge in [-0.3, -0.25) is 4.79 Å². The molecule has 0 radical (unpaired) electrons. The van der Waals surface area contributed by atoms with Crippen LogP contribution >= 0.6 is 11.3 Å². The number of carbonyl (C=O) groups is 1. The van der Waals surface area contributed by atoms with Gasteiger partial charge in [0, 0.05) is 12.6 Å². The highest BCUT2D eigenvalue weighted by Crippen LogP contribution is 2.16. The highest BCUT2D eigenvalue weighted by Gasteiger charge is 2.13. The van der Waals surface area contributed by atoms with Crippen molar-refractivity contribution in [3.8, 4) is 0 Å². The molecular weight excluding hydrogens is 363 g/mol. The third-order valence-electron chi connectivity index (χ3n) is 4.14. The number of hydrogen-bond donors (Lipinski definition) is 2. The van der Waals surface area contributed by atoms with E-state index < -0.39 is 0 Å². The molecule has 0 bridgehead atoms. The number of carbonyl (C=O) groups excluding carboxylic acids is 1. The van der Waals surface area contributed by atoms with Gasteiger partial charge in [-0.25, -0.2) is 4.39 Å². The summed E-state index contributed by atoms with van der Waals surface area (Å²) in [7, 11) is 0. The number of nitrogens with zero attached hydrogens (tertiary/aromatic N) is 2. The average Bonchev–Trinajstić information content (AvgIpc) is 3.14. The zero-order valence-corrected chi connectivity index (χ0v) is 16.0. The van der Waals surface area contributed by atoms with E-state index in [1.807, 2.05) is 44.2 Å². The van der Waals surface area contributed by atoms with Crippen LogP contribution in [0.25, 0.3) is 0 Å². The van der Waals surface area contributed by atoms with E-state index in [1.54, 1.807) is 6.07 Å². The molecule has 1 aromatic heterocycles. The molecule has 0 spiro atoms. The monoisotopic (exact) mass is 384 g/mol. The lowest BCUT2D eigenvalue weighted by Crippen LogP contribution is -2.22. The first-order valence-electron chi connectivity index (χ1n) is 8.66. The second-order valence-electron chi connectivity index (χ2n) is 6.33. The van der Waals surface area contributed by atoms with Crippen molar-refractivity contribution in [3.63, 3.8) is 0 Å². The van der Waals surface area contributed by atoms with Crippen LogP contribution in [0.1, 0.15) is 44.5 Å². The Morgan fingerprint density at radius 3 is 2.67 bits per heavy atom. The van der Waals surface area contributed by atoms with Gasteiger partial charge in [-0.05, 0) is 37.1 Å². The van der Waals surface area contributed by atoms with E-state index >= 15 is 0 Å². The highest BCUT2D eigenvalue weighted by molar-refractivity contribution is 7.13. The number of amides is 1. The molecule has 2 aromatic carbocycles. The van der Waals surface area contributed by atoms with Gasteiger partial charge in [0.2, 0.25) is 5.01 Å². The summed E-state index contributed by atoms with van der Waals surface area (Å²) in [6.45, 7) is 4.88. The Labute approximate surface area is 161 Å². The number of benzene rings is 2. The predicted octanol–water partition coefficient (Wildman–Crippen LogP) is 3.77. The molecule has 0 aliphatic heterocycles. The molecule has 0 unspecified atom stereocenters. The van der Waals surface area contributed by atoms with Crippen molar-refractivity contribution in [2.24, 2.45) is 0 Å². The van der Waals surface area contributed by atoms with Gasteiger partial charge in [0.15, 0.2) is 0 Å². The summed E-state index contributed by atoms with van der Waals surface area (Å²) >= 11 is 1.25. The van der Waals surface area contributed by atoms with Gasteiger partial charge in [-0.2, -0.15) is 0 Å². The van der Waals surface area contributed by atoms with Crippen LogP contribution in [0.3, 0.4) is 0 Å². The van der Waals surface area contributed by atoms with Gasteiger partial charge < -0.3 is 10.6 Å². The lowest BCUT2D eigenvalue weighted by molar-refractivity contribution is 0.0950. The zero-order valence-electron chi connectivity index (χ0n) is 15.2. The Balaban J connectivity index is 1.51. The maximum atomic E-state index is 13.3. The molecule has 0 saturated heterocycles. The molecule has 0 aliphatic carbocycles. The molecular formula is C20H21FN4OS. The maximum absolute atomic E-state index is 13.3. The third-order valence-corrected chi connectivity index (χ3v) is 5.06.